The van der Waals surface area contributed by atoms with Crippen LogP contribution in [-0.2, 0) is 14.8 Å². The molecule has 1 unspecified atom stereocenters. The van der Waals surface area contributed by atoms with Crippen molar-refractivity contribution in [3.8, 4) is 0 Å². The molecule has 0 radical (unpaired) electrons. The predicted octanol–water partition coefficient (Wildman–Crippen LogP) is 2.59. The van der Waals surface area contributed by atoms with E-state index in [0.717, 1.165) is 5.56 Å². The van der Waals surface area contributed by atoms with Crippen LogP contribution in [0.1, 0.15) is 45.1 Å². The van der Waals surface area contributed by atoms with Gasteiger partial charge < -0.3 is 5.11 Å². The number of benzene rings is 1. The minimum absolute atomic E-state index is 0.0364. The van der Waals surface area contributed by atoms with E-state index >= 15 is 0 Å². The second-order valence-corrected chi connectivity index (χ2v) is 7.21. The molecular weight excluding hydrogens is 290 g/mol. The average molecular weight is 313 g/mol. The van der Waals surface area contributed by atoms with Gasteiger partial charge in [0.25, 0.3) is 0 Å². The van der Waals surface area contributed by atoms with Crippen molar-refractivity contribution in [1.29, 1.82) is 0 Å². The van der Waals surface area contributed by atoms with Crippen LogP contribution < -0.4 is 4.72 Å². The van der Waals surface area contributed by atoms with Gasteiger partial charge in [0.2, 0.25) is 10.0 Å². The Hall–Kier alpha value is -1.40. The van der Waals surface area contributed by atoms with Gasteiger partial charge in [-0.1, -0.05) is 39.3 Å². The minimum atomic E-state index is -3.59. The summed E-state index contributed by atoms with van der Waals surface area (Å²) in [5, 5.41) is 8.77. The van der Waals surface area contributed by atoms with Gasteiger partial charge in [-0.05, 0) is 29.5 Å². The second-order valence-electron chi connectivity index (χ2n) is 5.45. The number of carboxylic acid groups (broad SMARTS) is 1. The molecule has 6 heteroatoms. The van der Waals surface area contributed by atoms with Crippen LogP contribution in [0.4, 0.5) is 0 Å². The van der Waals surface area contributed by atoms with E-state index in [0.29, 0.717) is 12.3 Å². The van der Waals surface area contributed by atoms with E-state index in [9.17, 15) is 13.2 Å². The van der Waals surface area contributed by atoms with Gasteiger partial charge in [0.15, 0.2) is 0 Å². The lowest BCUT2D eigenvalue weighted by atomic mass is 10.0. The fourth-order valence-electron chi connectivity index (χ4n) is 1.95. The average Bonchev–Trinajstić information content (AvgIpc) is 2.43. The SMILES string of the molecule is CCC(CNS(=O)(=O)c1ccc(C(C)C)cc1)CC(=O)O. The van der Waals surface area contributed by atoms with Crippen molar-refractivity contribution < 1.29 is 18.3 Å². The van der Waals surface area contributed by atoms with Crippen LogP contribution in [-0.4, -0.2) is 26.0 Å². The lowest BCUT2D eigenvalue weighted by Crippen LogP contribution is -2.30. The van der Waals surface area contributed by atoms with Gasteiger partial charge in [-0.3, -0.25) is 4.79 Å². The summed E-state index contributed by atoms with van der Waals surface area (Å²) in [4.78, 5) is 10.9. The highest BCUT2D eigenvalue weighted by Crippen LogP contribution is 2.17. The third kappa shape index (κ3) is 5.47. The maximum Gasteiger partial charge on any atom is 0.303 e. The van der Waals surface area contributed by atoms with Crippen LogP contribution >= 0.6 is 0 Å². The summed E-state index contributed by atoms with van der Waals surface area (Å²) in [5.74, 6) is -0.774. The fraction of sp³-hybridized carbons (Fsp3) is 0.533. The molecule has 0 saturated heterocycles. The van der Waals surface area contributed by atoms with E-state index in [-0.39, 0.29) is 23.8 Å². The number of sulfonamides is 1. The second kappa shape index (κ2) is 7.56. The van der Waals surface area contributed by atoms with Gasteiger partial charge in [0.1, 0.15) is 0 Å². The Bertz CT molecular complexity index is 564. The number of rotatable bonds is 8. The Morgan fingerprint density at radius 2 is 1.81 bits per heavy atom. The molecule has 21 heavy (non-hydrogen) atoms. The van der Waals surface area contributed by atoms with Gasteiger partial charge in [0.05, 0.1) is 4.90 Å². The van der Waals surface area contributed by atoms with Crippen molar-refractivity contribution >= 4 is 16.0 Å². The predicted molar refractivity (Wildman–Crippen MR) is 81.8 cm³/mol. The maximum atomic E-state index is 12.2. The van der Waals surface area contributed by atoms with Crippen LogP contribution in [0.25, 0.3) is 0 Å². The van der Waals surface area contributed by atoms with E-state index in [1.165, 1.54) is 0 Å². The number of aliphatic carboxylic acids is 1. The molecular formula is C15H23NO4S. The Morgan fingerprint density at radius 1 is 1.24 bits per heavy atom. The van der Waals surface area contributed by atoms with Gasteiger partial charge in [0, 0.05) is 13.0 Å². The number of nitrogens with one attached hydrogen (secondary N) is 1. The first kappa shape index (κ1) is 17.7. The summed E-state index contributed by atoms with van der Waals surface area (Å²) in [5.41, 5.74) is 1.08. The van der Waals surface area contributed by atoms with Crippen LogP contribution in [0, 0.1) is 5.92 Å². The molecule has 0 spiro atoms. The van der Waals surface area contributed by atoms with Crippen molar-refractivity contribution in [3.05, 3.63) is 29.8 Å². The molecule has 0 amide bonds. The Balaban J connectivity index is 2.74. The van der Waals surface area contributed by atoms with Crippen molar-refractivity contribution in [1.82, 2.24) is 4.72 Å². The number of hydrogen-bond donors (Lipinski definition) is 2. The highest BCUT2D eigenvalue weighted by molar-refractivity contribution is 7.89. The third-order valence-electron chi connectivity index (χ3n) is 3.46. The molecule has 1 rings (SSSR count). The van der Waals surface area contributed by atoms with Crippen molar-refractivity contribution in [3.63, 3.8) is 0 Å². The van der Waals surface area contributed by atoms with Gasteiger partial charge in [-0.15, -0.1) is 0 Å². The van der Waals surface area contributed by atoms with E-state index < -0.39 is 16.0 Å². The topological polar surface area (TPSA) is 83.5 Å². The molecule has 0 bridgehead atoms. The molecule has 0 fully saturated rings. The fourth-order valence-corrected chi connectivity index (χ4v) is 3.07. The van der Waals surface area contributed by atoms with Crippen LogP contribution in [0.5, 0.6) is 0 Å². The van der Waals surface area contributed by atoms with Crippen molar-refractivity contribution in [2.24, 2.45) is 5.92 Å². The van der Waals surface area contributed by atoms with Gasteiger partial charge in [-0.2, -0.15) is 0 Å². The zero-order valence-corrected chi connectivity index (χ0v) is 13.5. The summed E-state index contributed by atoms with van der Waals surface area (Å²) in [7, 11) is -3.59. The highest BCUT2D eigenvalue weighted by Gasteiger charge is 2.18. The Labute approximate surface area is 126 Å². The van der Waals surface area contributed by atoms with Crippen LogP contribution in [0.2, 0.25) is 0 Å². The van der Waals surface area contributed by atoms with E-state index in [1.807, 2.05) is 20.8 Å². The summed E-state index contributed by atoms with van der Waals surface area (Å²) in [6, 6.07) is 6.76. The molecule has 1 aromatic rings. The molecule has 5 nitrogen and oxygen atoms in total. The van der Waals surface area contributed by atoms with Crippen LogP contribution in [0.15, 0.2) is 29.2 Å². The third-order valence-corrected chi connectivity index (χ3v) is 4.90. The van der Waals surface area contributed by atoms with Crippen LogP contribution in [0.3, 0.4) is 0 Å². The molecule has 0 aliphatic carbocycles. The van der Waals surface area contributed by atoms with E-state index in [2.05, 4.69) is 4.72 Å². The molecule has 0 saturated carbocycles. The molecule has 1 atom stereocenters. The molecule has 0 aliphatic heterocycles. The molecule has 0 aliphatic rings. The molecule has 118 valence electrons. The number of hydrogen-bond acceptors (Lipinski definition) is 3. The maximum absolute atomic E-state index is 12.2. The van der Waals surface area contributed by atoms with Crippen molar-refractivity contribution in [2.75, 3.05) is 6.54 Å². The van der Waals surface area contributed by atoms with Gasteiger partial charge >= 0.3 is 5.97 Å². The van der Waals surface area contributed by atoms with E-state index in [1.54, 1.807) is 24.3 Å². The quantitative estimate of drug-likeness (QED) is 0.772. The first-order chi connectivity index (χ1) is 9.76. The number of carbonyl (C=O) groups is 1. The summed E-state index contributed by atoms with van der Waals surface area (Å²) < 4.78 is 26.8. The standard InChI is InChI=1S/C15H23NO4S/c1-4-12(9-15(17)18)10-16-21(19,20)14-7-5-13(6-8-14)11(2)3/h5-8,11-12,16H,4,9-10H2,1-3H3,(H,17,18). The largest absolute Gasteiger partial charge is 0.481 e. The molecule has 2 N–H and O–H groups in total. The van der Waals surface area contributed by atoms with Gasteiger partial charge in [-0.25, -0.2) is 13.1 Å². The van der Waals surface area contributed by atoms with E-state index in [4.69, 9.17) is 5.11 Å². The highest BCUT2D eigenvalue weighted by atomic mass is 32.2. The molecule has 0 heterocycles. The zero-order chi connectivity index (χ0) is 16.0. The Kier molecular flexibility index (Phi) is 6.36. The lowest BCUT2D eigenvalue weighted by molar-refractivity contribution is -0.138. The Morgan fingerprint density at radius 3 is 2.24 bits per heavy atom. The normalized spacial score (nSPS) is 13.3. The zero-order valence-electron chi connectivity index (χ0n) is 12.7. The molecule has 1 aromatic carbocycles. The lowest BCUT2D eigenvalue weighted by Gasteiger charge is -2.14. The van der Waals surface area contributed by atoms with Crippen molar-refractivity contribution in [2.45, 2.75) is 44.4 Å². The summed E-state index contributed by atoms with van der Waals surface area (Å²) in [6.07, 6.45) is 0.576. The summed E-state index contributed by atoms with van der Waals surface area (Å²) in [6.45, 7) is 6.06. The number of carboxylic acids is 1. The first-order valence-corrected chi connectivity index (χ1v) is 8.56. The first-order valence-electron chi connectivity index (χ1n) is 7.07. The molecule has 0 aromatic heterocycles. The monoisotopic (exact) mass is 313 g/mol. The minimum Gasteiger partial charge on any atom is -0.481 e. The smallest absolute Gasteiger partial charge is 0.303 e. The summed E-state index contributed by atoms with van der Waals surface area (Å²) >= 11 is 0.